The third-order valence-electron chi connectivity index (χ3n) is 6.67. The van der Waals surface area contributed by atoms with Crippen molar-refractivity contribution in [2.75, 3.05) is 18.8 Å². The zero-order valence-corrected chi connectivity index (χ0v) is 18.9. The second kappa shape index (κ2) is 8.22. The molecule has 2 aliphatic heterocycles. The molecule has 0 radical (unpaired) electrons. The number of hydrogen-bond acceptors (Lipinski definition) is 3. The van der Waals surface area contributed by atoms with Crippen molar-refractivity contribution in [3.63, 3.8) is 0 Å². The molecule has 1 amide bonds. The Labute approximate surface area is 188 Å². The van der Waals surface area contributed by atoms with Crippen LogP contribution >= 0.6 is 0 Å². The third kappa shape index (κ3) is 3.65. The number of rotatable bonds is 4. The number of benzene rings is 2. The van der Waals surface area contributed by atoms with Gasteiger partial charge in [0.15, 0.2) is 0 Å². The summed E-state index contributed by atoms with van der Waals surface area (Å²) in [6, 6.07) is 15.3. The van der Waals surface area contributed by atoms with E-state index in [0.717, 1.165) is 23.1 Å². The van der Waals surface area contributed by atoms with Gasteiger partial charge < -0.3 is 9.88 Å². The lowest BCUT2D eigenvalue weighted by Crippen LogP contribution is -2.54. The molecule has 0 aliphatic carbocycles. The Morgan fingerprint density at radius 2 is 1.84 bits per heavy atom. The topological polar surface area (TPSA) is 73.5 Å². The molecule has 0 saturated heterocycles. The van der Waals surface area contributed by atoms with Gasteiger partial charge in [0.1, 0.15) is 6.04 Å². The van der Waals surface area contributed by atoms with Crippen molar-refractivity contribution in [1.29, 1.82) is 0 Å². The van der Waals surface area contributed by atoms with Gasteiger partial charge in [-0.2, -0.15) is 4.31 Å². The highest BCUT2D eigenvalue weighted by molar-refractivity contribution is 7.89. The first-order valence-corrected chi connectivity index (χ1v) is 12.7. The lowest BCUT2D eigenvalue weighted by Gasteiger charge is -2.38. The number of para-hydroxylation sites is 1. The fraction of sp³-hybridized carbons (Fsp3) is 0.320. The summed E-state index contributed by atoms with van der Waals surface area (Å²) in [6.45, 7) is 2.97. The fourth-order valence-corrected chi connectivity index (χ4v) is 6.05. The van der Waals surface area contributed by atoms with Crippen molar-refractivity contribution in [3.8, 4) is 0 Å². The zero-order valence-electron chi connectivity index (χ0n) is 18.1. The monoisotopic (exact) mass is 449 g/mol. The van der Waals surface area contributed by atoms with E-state index in [0.29, 0.717) is 19.5 Å². The maximum Gasteiger partial charge on any atom is 0.241 e. The maximum atomic E-state index is 13.5. The summed E-state index contributed by atoms with van der Waals surface area (Å²) in [5.74, 6) is -0.116. The summed E-state index contributed by atoms with van der Waals surface area (Å²) >= 11 is 0. The summed E-state index contributed by atoms with van der Waals surface area (Å²) in [5, 5.41) is 1.18. The number of nitrogens with one attached hydrogen (secondary N) is 1. The summed E-state index contributed by atoms with van der Waals surface area (Å²) in [6.07, 6.45) is 5.30. The van der Waals surface area contributed by atoms with Gasteiger partial charge in [0.05, 0.1) is 5.75 Å². The molecule has 0 spiro atoms. The molecule has 5 rings (SSSR count). The first-order chi connectivity index (χ1) is 15.5. The normalized spacial score (nSPS) is 19.6. The SMILES string of the molecule is CCS(=O)(=O)N1Cc2ccccc2CC1C(=O)N1CC=C(c2c[nH]c3ccccc23)CC1. The average molecular weight is 450 g/mol. The highest BCUT2D eigenvalue weighted by Gasteiger charge is 2.40. The summed E-state index contributed by atoms with van der Waals surface area (Å²) in [7, 11) is -3.50. The number of fused-ring (bicyclic) bond motifs is 2. The van der Waals surface area contributed by atoms with Crippen molar-refractivity contribution in [1.82, 2.24) is 14.2 Å². The smallest absolute Gasteiger partial charge is 0.241 e. The molecule has 32 heavy (non-hydrogen) atoms. The number of sulfonamides is 1. The molecular weight excluding hydrogens is 422 g/mol. The largest absolute Gasteiger partial charge is 0.361 e. The van der Waals surface area contributed by atoms with Gasteiger partial charge in [0.2, 0.25) is 15.9 Å². The minimum absolute atomic E-state index is 0.0104. The molecule has 1 N–H and O–H groups in total. The van der Waals surface area contributed by atoms with E-state index >= 15 is 0 Å². The quantitative estimate of drug-likeness (QED) is 0.662. The predicted molar refractivity (Wildman–Crippen MR) is 126 cm³/mol. The molecule has 0 saturated carbocycles. The highest BCUT2D eigenvalue weighted by atomic mass is 32.2. The van der Waals surface area contributed by atoms with Crippen molar-refractivity contribution >= 4 is 32.4 Å². The van der Waals surface area contributed by atoms with Gasteiger partial charge >= 0.3 is 0 Å². The molecule has 2 aliphatic rings. The lowest BCUT2D eigenvalue weighted by atomic mass is 9.94. The molecule has 1 aromatic heterocycles. The van der Waals surface area contributed by atoms with Crippen LogP contribution in [0.4, 0.5) is 0 Å². The van der Waals surface area contributed by atoms with E-state index < -0.39 is 16.1 Å². The van der Waals surface area contributed by atoms with Gasteiger partial charge in [-0.25, -0.2) is 8.42 Å². The average Bonchev–Trinajstić information content (AvgIpc) is 3.27. The van der Waals surface area contributed by atoms with Crippen LogP contribution in [0.25, 0.3) is 16.5 Å². The number of carbonyl (C=O) groups excluding carboxylic acids is 1. The predicted octanol–water partition coefficient (Wildman–Crippen LogP) is 3.56. The molecule has 6 nitrogen and oxygen atoms in total. The van der Waals surface area contributed by atoms with Crippen LogP contribution < -0.4 is 0 Å². The second-order valence-corrected chi connectivity index (χ2v) is 10.7. The van der Waals surface area contributed by atoms with Crippen molar-refractivity contribution in [2.45, 2.75) is 32.4 Å². The summed E-state index contributed by atoms with van der Waals surface area (Å²) < 4.78 is 27.1. The van der Waals surface area contributed by atoms with Gasteiger partial charge in [0.25, 0.3) is 0 Å². The Kier molecular flexibility index (Phi) is 5.39. The molecule has 1 unspecified atom stereocenters. The van der Waals surface area contributed by atoms with Crippen molar-refractivity contribution in [2.24, 2.45) is 0 Å². The minimum Gasteiger partial charge on any atom is -0.361 e. The number of hydrogen-bond donors (Lipinski definition) is 1. The number of nitrogens with zero attached hydrogens (tertiary/aromatic N) is 2. The fourth-order valence-electron chi connectivity index (χ4n) is 4.83. The van der Waals surface area contributed by atoms with Gasteiger partial charge in [-0.05, 0) is 42.5 Å². The summed E-state index contributed by atoms with van der Waals surface area (Å²) in [4.78, 5) is 18.6. The molecule has 7 heteroatoms. The number of carbonyl (C=O) groups is 1. The van der Waals surface area contributed by atoms with E-state index in [2.05, 4.69) is 23.2 Å². The van der Waals surface area contributed by atoms with Gasteiger partial charge in [-0.3, -0.25) is 4.79 Å². The van der Waals surface area contributed by atoms with Crippen molar-refractivity contribution in [3.05, 3.63) is 77.5 Å². The Bertz CT molecular complexity index is 1310. The number of aromatic nitrogens is 1. The van der Waals surface area contributed by atoms with E-state index in [9.17, 15) is 13.2 Å². The minimum atomic E-state index is -3.50. The van der Waals surface area contributed by atoms with Crippen LogP contribution in [-0.2, 0) is 27.8 Å². The Balaban J connectivity index is 1.40. The maximum absolute atomic E-state index is 13.5. The van der Waals surface area contributed by atoms with Crippen LogP contribution in [-0.4, -0.2) is 53.4 Å². The standard InChI is InChI=1S/C25H27N3O3S/c1-2-32(30,31)28-17-20-8-4-3-7-19(20)15-24(28)25(29)27-13-11-18(12-14-27)22-16-26-23-10-6-5-9-21(22)23/h3-11,16,24,26H,2,12-15,17H2,1H3. The van der Waals surface area contributed by atoms with Gasteiger partial charge in [-0.1, -0.05) is 48.5 Å². The number of H-pyrrole nitrogens is 1. The molecule has 3 aromatic rings. The van der Waals surface area contributed by atoms with Crippen LogP contribution in [0.1, 0.15) is 30.0 Å². The number of amides is 1. The zero-order chi connectivity index (χ0) is 22.3. The second-order valence-electron chi connectivity index (χ2n) is 8.45. The Hall–Kier alpha value is -2.90. The van der Waals surface area contributed by atoms with E-state index in [1.165, 1.54) is 20.8 Å². The van der Waals surface area contributed by atoms with Gasteiger partial charge in [-0.15, -0.1) is 0 Å². The van der Waals surface area contributed by atoms with E-state index in [-0.39, 0.29) is 18.2 Å². The molecule has 2 aromatic carbocycles. The lowest BCUT2D eigenvalue weighted by molar-refractivity contribution is -0.135. The first kappa shape index (κ1) is 21.0. The Morgan fingerprint density at radius 3 is 2.59 bits per heavy atom. The molecule has 166 valence electrons. The van der Waals surface area contributed by atoms with Crippen molar-refractivity contribution < 1.29 is 13.2 Å². The van der Waals surface area contributed by atoms with Crippen LogP contribution in [0.15, 0.2) is 60.8 Å². The molecular formula is C25H27N3O3S. The molecule has 0 bridgehead atoms. The van der Waals surface area contributed by atoms with Crippen LogP contribution in [0.3, 0.4) is 0 Å². The van der Waals surface area contributed by atoms with Gasteiger partial charge in [0, 0.05) is 42.3 Å². The van der Waals surface area contributed by atoms with E-state index in [4.69, 9.17) is 0 Å². The molecule has 1 atom stereocenters. The van der Waals surface area contributed by atoms with E-state index in [1.54, 1.807) is 11.8 Å². The first-order valence-electron chi connectivity index (χ1n) is 11.1. The van der Waals surface area contributed by atoms with Crippen LogP contribution in [0.5, 0.6) is 0 Å². The third-order valence-corrected chi connectivity index (χ3v) is 8.50. The number of aromatic amines is 1. The van der Waals surface area contributed by atoms with Crippen LogP contribution in [0.2, 0.25) is 0 Å². The van der Waals surface area contributed by atoms with Crippen LogP contribution in [0, 0.1) is 0 Å². The molecule has 3 heterocycles. The molecule has 0 fully saturated rings. The highest BCUT2D eigenvalue weighted by Crippen LogP contribution is 2.31. The van der Waals surface area contributed by atoms with E-state index in [1.807, 2.05) is 42.6 Å². The summed E-state index contributed by atoms with van der Waals surface area (Å²) in [5.41, 5.74) is 5.53. The Morgan fingerprint density at radius 1 is 1.09 bits per heavy atom.